The monoisotopic (exact) mass is 585 g/mol. The van der Waals surface area contributed by atoms with Crippen LogP contribution in [0.3, 0.4) is 0 Å². The lowest BCUT2D eigenvalue weighted by atomic mass is 10.0. The van der Waals surface area contributed by atoms with E-state index in [1.165, 1.54) is 26.4 Å². The molecule has 0 saturated carbocycles. The fraction of sp³-hybridized carbons (Fsp3) is 0.414. The number of fused-ring (bicyclic) bond motifs is 1. The molecule has 1 fully saturated rings. The predicted molar refractivity (Wildman–Crippen MR) is 151 cm³/mol. The number of para-hydroxylation sites is 1. The number of hydrogen-bond acceptors (Lipinski definition) is 8. The van der Waals surface area contributed by atoms with Crippen LogP contribution in [-0.2, 0) is 19.6 Å². The Bertz CT molecular complexity index is 1530. The van der Waals surface area contributed by atoms with Crippen molar-refractivity contribution in [3.63, 3.8) is 0 Å². The van der Waals surface area contributed by atoms with Crippen molar-refractivity contribution < 1.29 is 36.7 Å². The zero-order valence-corrected chi connectivity index (χ0v) is 24.3. The van der Waals surface area contributed by atoms with Crippen LogP contribution in [0.5, 0.6) is 11.5 Å². The normalized spacial score (nSPS) is 17.2. The highest BCUT2D eigenvalue weighted by Gasteiger charge is 2.34. The lowest BCUT2D eigenvalue weighted by molar-refractivity contribution is -0.129. The van der Waals surface area contributed by atoms with Crippen molar-refractivity contribution in [1.82, 2.24) is 14.9 Å². The molecule has 220 valence electrons. The lowest BCUT2D eigenvalue weighted by Crippen LogP contribution is -2.52. The van der Waals surface area contributed by atoms with E-state index in [1.807, 2.05) is 13.8 Å². The Hall–Kier alpha value is -3.90. The first kappa shape index (κ1) is 30.1. The summed E-state index contributed by atoms with van der Waals surface area (Å²) >= 11 is 0. The Balaban J connectivity index is 1.46. The predicted octanol–water partition coefficient (Wildman–Crippen LogP) is 3.13. The minimum Gasteiger partial charge on any atom is -0.497 e. The maximum atomic E-state index is 13.3. The molecule has 41 heavy (non-hydrogen) atoms. The number of furan rings is 1. The number of carbonyl (C=O) groups is 3. The van der Waals surface area contributed by atoms with Gasteiger partial charge in [-0.2, -0.15) is 4.31 Å². The number of ether oxygens (including phenoxy) is 2. The van der Waals surface area contributed by atoms with Gasteiger partial charge in [-0.3, -0.25) is 14.4 Å². The molecule has 1 saturated heterocycles. The molecule has 3 aromatic rings. The minimum atomic E-state index is -3.95. The molecule has 1 aliphatic rings. The van der Waals surface area contributed by atoms with Crippen molar-refractivity contribution in [2.24, 2.45) is 5.92 Å². The van der Waals surface area contributed by atoms with Crippen LogP contribution < -0.4 is 20.1 Å². The summed E-state index contributed by atoms with van der Waals surface area (Å²) in [4.78, 5) is 39.6. The Labute approximate surface area is 239 Å². The zero-order valence-electron chi connectivity index (χ0n) is 23.5. The van der Waals surface area contributed by atoms with Gasteiger partial charge in [-0.1, -0.05) is 32.0 Å². The van der Waals surface area contributed by atoms with E-state index in [0.29, 0.717) is 35.3 Å². The molecule has 4 rings (SSSR count). The Kier molecular flexibility index (Phi) is 9.34. The molecule has 2 aromatic carbocycles. The lowest BCUT2D eigenvalue weighted by Gasteiger charge is -2.23. The van der Waals surface area contributed by atoms with Gasteiger partial charge in [-0.25, -0.2) is 8.42 Å². The number of carbonyl (C=O) groups excluding carboxylic acids is 3. The summed E-state index contributed by atoms with van der Waals surface area (Å²) in [6.07, 6.45) is 0.945. The molecule has 2 amide bonds. The molecule has 1 aromatic heterocycles. The number of amides is 2. The van der Waals surface area contributed by atoms with Crippen LogP contribution in [-0.4, -0.2) is 69.7 Å². The second-order valence-electron chi connectivity index (χ2n) is 10.3. The maximum Gasteiger partial charge on any atom is 0.287 e. The number of ketones is 1. The average Bonchev–Trinajstić information content (AvgIpc) is 3.31. The molecule has 2 atom stereocenters. The molecular formula is C29H35N3O8S. The van der Waals surface area contributed by atoms with Crippen molar-refractivity contribution in [3.05, 3.63) is 54.3 Å². The highest BCUT2D eigenvalue weighted by Crippen LogP contribution is 2.28. The Morgan fingerprint density at radius 3 is 2.56 bits per heavy atom. The van der Waals surface area contributed by atoms with E-state index in [1.54, 1.807) is 36.4 Å². The smallest absolute Gasteiger partial charge is 0.287 e. The first-order valence-electron chi connectivity index (χ1n) is 13.4. The highest BCUT2D eigenvalue weighted by atomic mass is 32.2. The third kappa shape index (κ3) is 6.88. The van der Waals surface area contributed by atoms with E-state index in [4.69, 9.17) is 13.9 Å². The molecule has 1 aliphatic heterocycles. The summed E-state index contributed by atoms with van der Waals surface area (Å²) in [6, 6.07) is 11.1. The summed E-state index contributed by atoms with van der Waals surface area (Å²) in [5.41, 5.74) is 0.419. The molecule has 2 heterocycles. The number of nitrogens with one attached hydrogen (secondary N) is 2. The zero-order chi connectivity index (χ0) is 29.7. The summed E-state index contributed by atoms with van der Waals surface area (Å²) in [5.74, 6) is -0.591. The maximum absolute atomic E-state index is 13.3. The Morgan fingerprint density at radius 1 is 1.10 bits per heavy atom. The molecule has 2 N–H and O–H groups in total. The summed E-state index contributed by atoms with van der Waals surface area (Å²) in [5, 5.41) is 6.16. The van der Waals surface area contributed by atoms with Crippen LogP contribution in [0.25, 0.3) is 11.0 Å². The van der Waals surface area contributed by atoms with Gasteiger partial charge in [0, 0.05) is 18.0 Å². The van der Waals surface area contributed by atoms with Crippen LogP contribution in [0.1, 0.15) is 43.7 Å². The highest BCUT2D eigenvalue weighted by molar-refractivity contribution is 7.89. The van der Waals surface area contributed by atoms with Crippen LogP contribution in [0.4, 0.5) is 0 Å². The first-order chi connectivity index (χ1) is 19.5. The van der Waals surface area contributed by atoms with E-state index in [9.17, 15) is 22.8 Å². The number of Topliss-reactive ketones (excluding diaryl/α,β-unsaturated/α-hetero) is 1. The van der Waals surface area contributed by atoms with E-state index in [2.05, 4.69) is 10.6 Å². The van der Waals surface area contributed by atoms with Gasteiger partial charge in [0.2, 0.25) is 15.9 Å². The van der Waals surface area contributed by atoms with Crippen molar-refractivity contribution in [1.29, 1.82) is 0 Å². The van der Waals surface area contributed by atoms with Gasteiger partial charge >= 0.3 is 0 Å². The molecular weight excluding hydrogens is 550 g/mol. The van der Waals surface area contributed by atoms with Crippen molar-refractivity contribution >= 4 is 38.6 Å². The number of sulfonamides is 1. The van der Waals surface area contributed by atoms with Crippen LogP contribution in [0.15, 0.2) is 57.8 Å². The minimum absolute atomic E-state index is 0.0231. The van der Waals surface area contributed by atoms with Crippen LogP contribution in [0.2, 0.25) is 0 Å². The summed E-state index contributed by atoms with van der Waals surface area (Å²) < 4.78 is 43.8. The molecule has 0 spiro atoms. The summed E-state index contributed by atoms with van der Waals surface area (Å²) in [6.45, 7) is 3.57. The number of rotatable bonds is 10. The van der Waals surface area contributed by atoms with Gasteiger partial charge in [-0.15, -0.1) is 0 Å². The topological polar surface area (TPSA) is 144 Å². The summed E-state index contributed by atoms with van der Waals surface area (Å²) in [7, 11) is -1.01. The molecule has 12 heteroatoms. The average molecular weight is 586 g/mol. The molecule has 0 aliphatic carbocycles. The number of nitrogens with zero attached hydrogens (tertiary/aromatic N) is 1. The third-order valence-electron chi connectivity index (χ3n) is 6.90. The molecule has 0 radical (unpaired) electrons. The first-order valence-corrected chi connectivity index (χ1v) is 14.8. The Morgan fingerprint density at radius 2 is 1.85 bits per heavy atom. The quantitative estimate of drug-likeness (QED) is 0.369. The molecule has 1 unspecified atom stereocenters. The largest absolute Gasteiger partial charge is 0.497 e. The van der Waals surface area contributed by atoms with E-state index < -0.39 is 39.7 Å². The van der Waals surface area contributed by atoms with E-state index in [-0.39, 0.29) is 36.1 Å². The SMILES string of the molecule is COc1cccc(S(=O)(=O)N2CCCC(NC(=O)[C@H](CC(C)C)NC(=O)c3cc4cccc(OC)c4o3)C(=O)C2)c1. The van der Waals surface area contributed by atoms with Crippen molar-refractivity contribution in [2.45, 2.75) is 50.1 Å². The fourth-order valence-corrected chi connectivity index (χ4v) is 6.26. The van der Waals surface area contributed by atoms with Gasteiger partial charge in [0.05, 0.1) is 31.7 Å². The number of hydrogen-bond donors (Lipinski definition) is 2. The third-order valence-corrected chi connectivity index (χ3v) is 8.74. The van der Waals surface area contributed by atoms with Gasteiger partial charge in [0.25, 0.3) is 5.91 Å². The number of methoxy groups -OCH3 is 2. The van der Waals surface area contributed by atoms with Crippen LogP contribution >= 0.6 is 0 Å². The number of benzene rings is 2. The van der Waals surface area contributed by atoms with Gasteiger partial charge in [0.15, 0.2) is 22.9 Å². The van der Waals surface area contributed by atoms with Crippen LogP contribution in [0, 0.1) is 5.92 Å². The van der Waals surface area contributed by atoms with E-state index in [0.717, 1.165) is 4.31 Å². The van der Waals surface area contributed by atoms with Gasteiger partial charge in [0.1, 0.15) is 11.8 Å². The standard InChI is InChI=1S/C29H35N3O8S/c1-18(2)14-23(31-29(35)26-15-19-8-5-12-25(39-4)27(19)40-26)28(34)30-22-11-7-13-32(17-24(22)33)41(36,37)21-10-6-9-20(16-21)38-3/h5-6,8-10,12,15-16,18,22-23H,7,11,13-14,17H2,1-4H3,(H,30,34)(H,31,35)/t22?,23-/m0/s1. The second kappa shape index (κ2) is 12.7. The van der Waals surface area contributed by atoms with Gasteiger partial charge < -0.3 is 24.5 Å². The second-order valence-corrected chi connectivity index (χ2v) is 12.3. The van der Waals surface area contributed by atoms with Crippen molar-refractivity contribution in [3.8, 4) is 11.5 Å². The molecule has 0 bridgehead atoms. The molecule has 11 nitrogen and oxygen atoms in total. The van der Waals surface area contributed by atoms with Gasteiger partial charge in [-0.05, 0) is 49.4 Å². The fourth-order valence-electron chi connectivity index (χ4n) is 4.78. The van der Waals surface area contributed by atoms with E-state index >= 15 is 0 Å². The van der Waals surface area contributed by atoms with Crippen molar-refractivity contribution in [2.75, 3.05) is 27.3 Å².